The molecule has 2 aromatic carbocycles. The van der Waals surface area contributed by atoms with Crippen LogP contribution in [0.3, 0.4) is 0 Å². The Labute approximate surface area is 165 Å². The zero-order chi connectivity index (χ0) is 16.6. The zero-order valence-corrected chi connectivity index (χ0v) is 17.0. The van der Waals surface area contributed by atoms with Gasteiger partial charge in [-0.05, 0) is 25.0 Å². The van der Waals surface area contributed by atoms with Gasteiger partial charge in [0.2, 0.25) is 0 Å². The quantitative estimate of drug-likeness (QED) is 0.440. The Balaban J connectivity index is 0.00000225. The van der Waals surface area contributed by atoms with E-state index in [0.717, 1.165) is 12.2 Å². The molecule has 0 unspecified atom stereocenters. The third-order valence-corrected chi connectivity index (χ3v) is 5.03. The van der Waals surface area contributed by atoms with E-state index in [4.69, 9.17) is 0 Å². The molecule has 25 heavy (non-hydrogen) atoms. The molecule has 0 spiro atoms. The van der Waals surface area contributed by atoms with Crippen molar-refractivity contribution in [3.63, 3.8) is 0 Å². The number of unbranched alkanes of at least 4 members (excludes halogenated alkanes) is 3. The number of thiazole rings is 1. The number of benzene rings is 2. The highest BCUT2D eigenvalue weighted by atomic mass is 79.9. The van der Waals surface area contributed by atoms with Crippen LogP contribution in [0.15, 0.2) is 66.0 Å². The first-order valence-electron chi connectivity index (χ1n) is 8.77. The smallest absolute Gasteiger partial charge is 0.339 e. The number of nitrogens with zero attached hydrogens (tertiary/aromatic N) is 1. The SMILES string of the molecule is CCCCCC[n+]1c(-c2ccccc2)csc1Nc1ccccc1.[Br-]. The van der Waals surface area contributed by atoms with Crippen LogP contribution in [-0.4, -0.2) is 0 Å². The fourth-order valence-corrected chi connectivity index (χ4v) is 3.82. The number of hydrogen-bond donors (Lipinski definition) is 1. The van der Waals surface area contributed by atoms with Crippen LogP contribution in [0.25, 0.3) is 11.3 Å². The van der Waals surface area contributed by atoms with Crippen molar-refractivity contribution < 1.29 is 21.5 Å². The molecule has 0 aliphatic rings. The fourth-order valence-electron chi connectivity index (χ4n) is 2.84. The summed E-state index contributed by atoms with van der Waals surface area (Å²) in [6, 6.07) is 21.1. The number of nitrogens with one attached hydrogen (secondary N) is 1. The molecular weight excluding hydrogens is 392 g/mol. The largest absolute Gasteiger partial charge is 1.00 e. The molecule has 1 heterocycles. The van der Waals surface area contributed by atoms with E-state index in [2.05, 4.69) is 76.8 Å². The zero-order valence-electron chi connectivity index (χ0n) is 14.6. The Hall–Kier alpha value is -1.65. The number of rotatable bonds is 8. The molecule has 0 bridgehead atoms. The third-order valence-electron chi connectivity index (χ3n) is 4.15. The van der Waals surface area contributed by atoms with Crippen LogP contribution < -0.4 is 26.9 Å². The average Bonchev–Trinajstić information content (AvgIpc) is 3.03. The van der Waals surface area contributed by atoms with E-state index in [1.165, 1.54) is 42.1 Å². The summed E-state index contributed by atoms with van der Waals surface area (Å²) in [6.07, 6.45) is 5.10. The lowest BCUT2D eigenvalue weighted by atomic mass is 10.1. The summed E-state index contributed by atoms with van der Waals surface area (Å²) in [5, 5.41) is 7.05. The van der Waals surface area contributed by atoms with Gasteiger partial charge in [0.25, 0.3) is 0 Å². The number of para-hydroxylation sites is 1. The highest BCUT2D eigenvalue weighted by molar-refractivity contribution is 7.13. The summed E-state index contributed by atoms with van der Waals surface area (Å²) in [6.45, 7) is 3.32. The second kappa shape index (κ2) is 10.4. The van der Waals surface area contributed by atoms with Crippen molar-refractivity contribution in [2.24, 2.45) is 0 Å². The van der Waals surface area contributed by atoms with E-state index >= 15 is 0 Å². The van der Waals surface area contributed by atoms with Gasteiger partial charge >= 0.3 is 5.13 Å². The van der Waals surface area contributed by atoms with Crippen LogP contribution in [0.1, 0.15) is 32.6 Å². The summed E-state index contributed by atoms with van der Waals surface area (Å²) in [7, 11) is 0. The first kappa shape index (κ1) is 19.7. The lowest BCUT2D eigenvalue weighted by molar-refractivity contribution is -0.668. The van der Waals surface area contributed by atoms with E-state index in [0.29, 0.717) is 0 Å². The second-order valence-electron chi connectivity index (χ2n) is 6.00. The molecule has 0 saturated heterocycles. The molecule has 3 rings (SSSR count). The molecule has 0 saturated carbocycles. The van der Waals surface area contributed by atoms with Gasteiger partial charge < -0.3 is 17.0 Å². The molecule has 2 nitrogen and oxygen atoms in total. The molecule has 0 radical (unpaired) electrons. The lowest BCUT2D eigenvalue weighted by Crippen LogP contribution is -3.00. The second-order valence-corrected chi connectivity index (χ2v) is 6.85. The lowest BCUT2D eigenvalue weighted by Gasteiger charge is -2.06. The Morgan fingerprint density at radius 2 is 1.56 bits per heavy atom. The van der Waals surface area contributed by atoms with Crippen molar-refractivity contribution in [2.75, 3.05) is 5.32 Å². The highest BCUT2D eigenvalue weighted by Gasteiger charge is 2.19. The Bertz CT molecular complexity index is 741. The van der Waals surface area contributed by atoms with Crippen molar-refractivity contribution in [1.29, 1.82) is 0 Å². The molecule has 0 amide bonds. The van der Waals surface area contributed by atoms with Gasteiger partial charge in [-0.3, -0.25) is 0 Å². The summed E-state index contributed by atoms with van der Waals surface area (Å²) >= 11 is 1.78. The first-order chi connectivity index (χ1) is 11.9. The van der Waals surface area contributed by atoms with E-state index in [1.54, 1.807) is 11.3 Å². The van der Waals surface area contributed by atoms with Gasteiger partial charge in [0, 0.05) is 10.9 Å². The Morgan fingerprint density at radius 3 is 2.24 bits per heavy atom. The van der Waals surface area contributed by atoms with Crippen molar-refractivity contribution in [3.8, 4) is 11.3 Å². The van der Waals surface area contributed by atoms with E-state index in [1.807, 2.05) is 6.07 Å². The number of anilines is 2. The van der Waals surface area contributed by atoms with Gasteiger partial charge in [0.05, 0.1) is 6.54 Å². The van der Waals surface area contributed by atoms with E-state index in [-0.39, 0.29) is 17.0 Å². The molecule has 132 valence electrons. The minimum absolute atomic E-state index is 0. The van der Waals surface area contributed by atoms with Gasteiger partial charge in [-0.25, -0.2) is 9.88 Å². The molecule has 0 aliphatic heterocycles. The van der Waals surface area contributed by atoms with Gasteiger partial charge in [0.15, 0.2) is 0 Å². The number of aromatic nitrogens is 1. The average molecular weight is 417 g/mol. The highest BCUT2D eigenvalue weighted by Crippen LogP contribution is 2.25. The maximum atomic E-state index is 3.59. The molecular formula is C21H25BrN2S. The normalized spacial score (nSPS) is 10.3. The molecule has 1 N–H and O–H groups in total. The van der Waals surface area contributed by atoms with Crippen LogP contribution in [0, 0.1) is 0 Å². The predicted molar refractivity (Wildman–Crippen MR) is 104 cm³/mol. The number of hydrogen-bond acceptors (Lipinski definition) is 2. The van der Waals surface area contributed by atoms with Crippen molar-refractivity contribution in [1.82, 2.24) is 0 Å². The molecule has 0 aliphatic carbocycles. The number of halogens is 1. The summed E-state index contributed by atoms with van der Waals surface area (Å²) in [4.78, 5) is 0. The maximum absolute atomic E-state index is 3.59. The van der Waals surface area contributed by atoms with Crippen LogP contribution in [0.2, 0.25) is 0 Å². The standard InChI is InChI=1S/C21H24N2S.BrH/c1-2-3-4-11-16-23-20(18-12-7-5-8-13-18)17-24-21(23)22-19-14-9-6-10-15-19;/h5-10,12-15,17H,2-4,11,16H2,1H3;1H. The van der Waals surface area contributed by atoms with Crippen LogP contribution in [0.4, 0.5) is 10.8 Å². The third kappa shape index (κ3) is 5.41. The minimum Gasteiger partial charge on any atom is -1.00 e. The topological polar surface area (TPSA) is 15.9 Å². The van der Waals surface area contributed by atoms with Crippen LogP contribution in [-0.2, 0) is 6.54 Å². The Kier molecular flexibility index (Phi) is 8.16. The molecule has 0 atom stereocenters. The van der Waals surface area contributed by atoms with Crippen LogP contribution >= 0.6 is 11.3 Å². The molecule has 1 aromatic heterocycles. The first-order valence-corrected chi connectivity index (χ1v) is 9.65. The molecule has 3 aromatic rings. The van der Waals surface area contributed by atoms with Crippen molar-refractivity contribution in [3.05, 3.63) is 66.0 Å². The summed E-state index contributed by atoms with van der Waals surface area (Å²) < 4.78 is 2.43. The Morgan fingerprint density at radius 1 is 0.880 bits per heavy atom. The monoisotopic (exact) mass is 416 g/mol. The summed E-state index contributed by atoms with van der Waals surface area (Å²) in [5.41, 5.74) is 3.72. The molecule has 0 fully saturated rings. The van der Waals surface area contributed by atoms with Crippen molar-refractivity contribution >= 4 is 22.2 Å². The van der Waals surface area contributed by atoms with Crippen molar-refractivity contribution in [2.45, 2.75) is 39.2 Å². The van der Waals surface area contributed by atoms with Gasteiger partial charge in [-0.2, -0.15) is 0 Å². The minimum atomic E-state index is 0. The molecule has 4 heteroatoms. The van der Waals surface area contributed by atoms with E-state index < -0.39 is 0 Å². The van der Waals surface area contributed by atoms with Gasteiger partial charge in [0.1, 0.15) is 11.4 Å². The fraction of sp³-hybridized carbons (Fsp3) is 0.286. The maximum Gasteiger partial charge on any atom is 0.339 e. The van der Waals surface area contributed by atoms with Gasteiger partial charge in [-0.15, -0.1) is 0 Å². The summed E-state index contributed by atoms with van der Waals surface area (Å²) in [5.74, 6) is 0. The predicted octanol–water partition coefficient (Wildman–Crippen LogP) is 3.03. The van der Waals surface area contributed by atoms with Gasteiger partial charge in [-0.1, -0.05) is 79.6 Å². The van der Waals surface area contributed by atoms with E-state index in [9.17, 15) is 0 Å². The van der Waals surface area contributed by atoms with Crippen LogP contribution in [0.5, 0.6) is 0 Å².